The monoisotopic (exact) mass is 673 g/mol. The maximum atomic E-state index is 13.6. The molecule has 0 aliphatic carbocycles. The molecule has 4 amide bonds. The van der Waals surface area contributed by atoms with Crippen LogP contribution in [0.25, 0.3) is 10.9 Å². The summed E-state index contributed by atoms with van der Waals surface area (Å²) in [7, 11) is 1.45. The predicted octanol–water partition coefficient (Wildman–Crippen LogP) is 3.07. The van der Waals surface area contributed by atoms with Crippen molar-refractivity contribution in [1.82, 2.24) is 34.8 Å². The van der Waals surface area contributed by atoms with Gasteiger partial charge in [0.2, 0.25) is 5.91 Å². The molecular formula is C32H38F3N7O6. The molecule has 0 atom stereocenters. The Morgan fingerprint density at radius 1 is 0.979 bits per heavy atom. The van der Waals surface area contributed by atoms with Gasteiger partial charge in [-0.1, -0.05) is 19.4 Å². The summed E-state index contributed by atoms with van der Waals surface area (Å²) in [5.41, 5.74) is 0.630. The first kappa shape index (κ1) is 34.4. The van der Waals surface area contributed by atoms with E-state index in [2.05, 4.69) is 15.4 Å². The van der Waals surface area contributed by atoms with E-state index in [1.165, 1.54) is 22.7 Å². The molecule has 0 spiro atoms. The fraction of sp³-hybridized carbons (Fsp3) is 0.500. The Hall–Kier alpha value is -4.89. The van der Waals surface area contributed by atoms with Crippen molar-refractivity contribution in [2.24, 2.45) is 7.05 Å². The summed E-state index contributed by atoms with van der Waals surface area (Å²) >= 11 is 0. The van der Waals surface area contributed by atoms with Gasteiger partial charge in [0.1, 0.15) is 11.4 Å². The number of pyridine rings is 1. The second-order valence-electron chi connectivity index (χ2n) is 11.8. The van der Waals surface area contributed by atoms with Crippen molar-refractivity contribution in [2.45, 2.75) is 45.8 Å². The molecule has 2 aliphatic rings. The molecule has 48 heavy (non-hydrogen) atoms. The first-order chi connectivity index (χ1) is 22.8. The summed E-state index contributed by atoms with van der Waals surface area (Å²) < 4.78 is 53.0. The second kappa shape index (κ2) is 14.5. The number of carbonyl (C=O) groups is 4. The van der Waals surface area contributed by atoms with Crippen molar-refractivity contribution in [1.29, 1.82) is 0 Å². The number of alkyl halides is 3. The van der Waals surface area contributed by atoms with Gasteiger partial charge >= 0.3 is 12.3 Å². The average molecular weight is 674 g/mol. The number of hydrogen-bond donors (Lipinski definition) is 1. The molecule has 1 saturated heterocycles. The van der Waals surface area contributed by atoms with Gasteiger partial charge in [0, 0.05) is 75.4 Å². The van der Waals surface area contributed by atoms with E-state index >= 15 is 0 Å². The molecular weight excluding hydrogens is 635 g/mol. The Kier molecular flexibility index (Phi) is 10.4. The smallest absolute Gasteiger partial charge is 0.435 e. The standard InChI is InChI=1S/C32H38F3N7O6/c1-4-5-14-47-31(46)41-12-10-40(11-13-41)27(43)17-36-30(45)24-16-26(21-7-6-20(2)15-23(21)37-24)48-19-28(44)42-9-8-25-22(18-42)29(32(33,34)35)38-39(25)3/h6-7,15-16H,4-5,8-14,17-19H2,1-3H3,(H,36,45). The largest absolute Gasteiger partial charge is 0.483 e. The number of rotatable bonds is 9. The molecule has 258 valence electrons. The number of unbranched alkanes of at least 4 members (excludes halogenated alkanes) is 1. The number of halogens is 3. The fourth-order valence-corrected chi connectivity index (χ4v) is 5.70. The van der Waals surface area contributed by atoms with Crippen LogP contribution in [0.3, 0.4) is 0 Å². The molecule has 0 bridgehead atoms. The van der Waals surface area contributed by atoms with Crippen molar-refractivity contribution in [3.05, 3.63) is 52.5 Å². The van der Waals surface area contributed by atoms with Gasteiger partial charge in [0.25, 0.3) is 11.8 Å². The number of aromatic nitrogens is 3. The van der Waals surface area contributed by atoms with E-state index in [1.807, 2.05) is 19.9 Å². The molecule has 0 saturated carbocycles. The molecule has 5 rings (SSSR count). The van der Waals surface area contributed by atoms with E-state index in [-0.39, 0.29) is 49.0 Å². The number of carbonyl (C=O) groups excluding carboxylic acids is 4. The molecule has 3 aromatic rings. The Morgan fingerprint density at radius 2 is 1.71 bits per heavy atom. The number of aryl methyl sites for hydroxylation is 2. The Morgan fingerprint density at radius 3 is 2.42 bits per heavy atom. The molecule has 0 unspecified atom stereocenters. The third-order valence-electron chi connectivity index (χ3n) is 8.39. The summed E-state index contributed by atoms with van der Waals surface area (Å²) in [4.78, 5) is 60.1. The summed E-state index contributed by atoms with van der Waals surface area (Å²) in [6.45, 7) is 4.60. The fourth-order valence-electron chi connectivity index (χ4n) is 5.70. The van der Waals surface area contributed by atoms with Gasteiger partial charge in [-0.3, -0.25) is 19.1 Å². The van der Waals surface area contributed by atoms with E-state index in [0.29, 0.717) is 49.4 Å². The van der Waals surface area contributed by atoms with Crippen LogP contribution in [-0.2, 0) is 40.5 Å². The molecule has 1 aromatic carbocycles. The summed E-state index contributed by atoms with van der Waals surface area (Å²) in [5, 5.41) is 6.74. The second-order valence-corrected chi connectivity index (χ2v) is 11.8. The quantitative estimate of drug-likeness (QED) is 0.342. The van der Waals surface area contributed by atoms with Crippen LogP contribution in [0.15, 0.2) is 24.3 Å². The molecule has 2 aromatic heterocycles. The van der Waals surface area contributed by atoms with Crippen molar-refractivity contribution in [3.63, 3.8) is 0 Å². The van der Waals surface area contributed by atoms with Gasteiger partial charge in [-0.25, -0.2) is 9.78 Å². The lowest BCUT2D eigenvalue weighted by Crippen LogP contribution is -2.52. The number of piperazine rings is 1. The number of ether oxygens (including phenoxy) is 2. The topological polar surface area (TPSA) is 139 Å². The molecule has 16 heteroatoms. The van der Waals surface area contributed by atoms with Crippen LogP contribution in [0.5, 0.6) is 5.75 Å². The van der Waals surface area contributed by atoms with Crippen molar-refractivity contribution >= 4 is 34.7 Å². The number of nitrogens with zero attached hydrogens (tertiary/aromatic N) is 6. The summed E-state index contributed by atoms with van der Waals surface area (Å²) in [6, 6.07) is 6.66. The zero-order valence-corrected chi connectivity index (χ0v) is 27.1. The highest BCUT2D eigenvalue weighted by molar-refractivity contribution is 5.98. The minimum atomic E-state index is -4.65. The van der Waals surface area contributed by atoms with E-state index in [1.54, 1.807) is 21.9 Å². The highest BCUT2D eigenvalue weighted by Gasteiger charge is 2.40. The number of nitrogens with one attached hydrogen (secondary N) is 1. The predicted molar refractivity (Wildman–Crippen MR) is 166 cm³/mol. The Bertz CT molecular complexity index is 1700. The van der Waals surface area contributed by atoms with Crippen molar-refractivity contribution in [2.75, 3.05) is 52.5 Å². The lowest BCUT2D eigenvalue weighted by molar-refractivity contribution is -0.143. The van der Waals surface area contributed by atoms with Crippen LogP contribution in [-0.4, -0.2) is 106 Å². The zero-order chi connectivity index (χ0) is 34.6. The zero-order valence-electron chi connectivity index (χ0n) is 27.1. The van der Waals surface area contributed by atoms with Crippen molar-refractivity contribution in [3.8, 4) is 5.75 Å². The van der Waals surface area contributed by atoms with E-state index in [0.717, 1.165) is 18.4 Å². The summed E-state index contributed by atoms with van der Waals surface area (Å²) in [6.07, 6.45) is -3.16. The maximum Gasteiger partial charge on any atom is 0.435 e. The van der Waals surface area contributed by atoms with Crippen LogP contribution >= 0.6 is 0 Å². The van der Waals surface area contributed by atoms with E-state index in [4.69, 9.17) is 9.47 Å². The average Bonchev–Trinajstić information content (AvgIpc) is 3.41. The molecule has 4 heterocycles. The normalized spacial score (nSPS) is 14.9. The first-order valence-electron chi connectivity index (χ1n) is 15.8. The number of fused-ring (bicyclic) bond motifs is 2. The van der Waals surface area contributed by atoms with Gasteiger partial charge < -0.3 is 29.5 Å². The maximum absolute atomic E-state index is 13.6. The van der Waals surface area contributed by atoms with Crippen molar-refractivity contribution < 1.29 is 41.8 Å². The van der Waals surface area contributed by atoms with Crippen LogP contribution in [0.1, 0.15) is 52.8 Å². The molecule has 1 N–H and O–H groups in total. The first-order valence-corrected chi connectivity index (χ1v) is 15.8. The van der Waals surface area contributed by atoms with E-state index < -0.39 is 36.4 Å². The lowest BCUT2D eigenvalue weighted by atomic mass is 10.0. The third kappa shape index (κ3) is 7.80. The Balaban J connectivity index is 1.21. The molecule has 0 radical (unpaired) electrons. The highest BCUT2D eigenvalue weighted by atomic mass is 19.4. The van der Waals surface area contributed by atoms with Crippen LogP contribution in [0, 0.1) is 6.92 Å². The van der Waals surface area contributed by atoms with Gasteiger partial charge in [-0.15, -0.1) is 0 Å². The Labute approximate surface area is 274 Å². The van der Waals surface area contributed by atoms with Crippen LogP contribution in [0.2, 0.25) is 0 Å². The molecule has 1 fully saturated rings. The van der Waals surface area contributed by atoms with Gasteiger partial charge in [-0.2, -0.15) is 18.3 Å². The number of hydrogen-bond acceptors (Lipinski definition) is 8. The number of amides is 4. The van der Waals surface area contributed by atoms with Crippen LogP contribution in [0.4, 0.5) is 18.0 Å². The van der Waals surface area contributed by atoms with Crippen LogP contribution < -0.4 is 10.1 Å². The minimum absolute atomic E-state index is 0.0327. The lowest BCUT2D eigenvalue weighted by Gasteiger charge is -2.34. The van der Waals surface area contributed by atoms with E-state index in [9.17, 15) is 32.3 Å². The van der Waals surface area contributed by atoms with Gasteiger partial charge in [-0.05, 0) is 31.0 Å². The minimum Gasteiger partial charge on any atom is -0.483 e. The SMILES string of the molecule is CCCCOC(=O)N1CCN(C(=O)CNC(=O)c2cc(OCC(=O)N3CCc4c(c(C(F)(F)F)nn4C)C3)c3ccc(C)cc3n2)CC1. The number of benzene rings is 1. The third-order valence-corrected chi connectivity index (χ3v) is 8.39. The molecule has 13 nitrogen and oxygen atoms in total. The highest BCUT2D eigenvalue weighted by Crippen LogP contribution is 2.35. The van der Waals surface area contributed by atoms with Gasteiger partial charge in [0.15, 0.2) is 12.3 Å². The summed E-state index contributed by atoms with van der Waals surface area (Å²) in [5.74, 6) is -1.31. The van der Waals surface area contributed by atoms with Gasteiger partial charge in [0.05, 0.1) is 18.7 Å². The molecule has 2 aliphatic heterocycles.